The second kappa shape index (κ2) is 5.89. The third-order valence-corrected chi connectivity index (χ3v) is 4.66. The van der Waals surface area contributed by atoms with E-state index in [-0.39, 0.29) is 18.3 Å². The van der Waals surface area contributed by atoms with Gasteiger partial charge in [0, 0.05) is 36.6 Å². The van der Waals surface area contributed by atoms with Gasteiger partial charge < -0.3 is 10.6 Å². The molecule has 4 rings (SSSR count). The monoisotopic (exact) mass is 332 g/mol. The summed E-state index contributed by atoms with van der Waals surface area (Å²) in [4.78, 5) is 14.7. The van der Waals surface area contributed by atoms with Gasteiger partial charge in [0.15, 0.2) is 5.69 Å². The van der Waals surface area contributed by atoms with Crippen LogP contribution in [0.3, 0.4) is 0 Å². The SMILES string of the molecule is Cl.Cn1nc(C(=O)N2CCCc3c(N)cccc32)cc1C1CC1. The van der Waals surface area contributed by atoms with Crippen LogP contribution in [0.2, 0.25) is 0 Å². The van der Waals surface area contributed by atoms with Crippen LogP contribution in [0.1, 0.15) is 46.9 Å². The summed E-state index contributed by atoms with van der Waals surface area (Å²) in [5.74, 6) is 0.567. The Bertz CT molecular complexity index is 751. The van der Waals surface area contributed by atoms with Crippen molar-refractivity contribution in [3.05, 3.63) is 41.2 Å². The Morgan fingerprint density at radius 3 is 2.87 bits per heavy atom. The first kappa shape index (κ1) is 15.9. The van der Waals surface area contributed by atoms with Gasteiger partial charge in [0.25, 0.3) is 5.91 Å². The van der Waals surface area contributed by atoms with Gasteiger partial charge in [-0.15, -0.1) is 12.4 Å². The Kier molecular flexibility index (Phi) is 4.06. The van der Waals surface area contributed by atoms with E-state index in [4.69, 9.17) is 5.73 Å². The van der Waals surface area contributed by atoms with Crippen molar-refractivity contribution >= 4 is 29.7 Å². The lowest BCUT2D eigenvalue weighted by Crippen LogP contribution is -2.36. The van der Waals surface area contributed by atoms with Crippen LogP contribution < -0.4 is 10.6 Å². The fraction of sp³-hybridized carbons (Fsp3) is 0.412. The van der Waals surface area contributed by atoms with Crippen LogP contribution in [0.4, 0.5) is 11.4 Å². The molecule has 1 aromatic carbocycles. The van der Waals surface area contributed by atoms with E-state index < -0.39 is 0 Å². The summed E-state index contributed by atoms with van der Waals surface area (Å²) in [5.41, 5.74) is 10.6. The highest BCUT2D eigenvalue weighted by Crippen LogP contribution is 2.40. The second-order valence-electron chi connectivity index (χ2n) is 6.26. The zero-order valence-corrected chi connectivity index (χ0v) is 14.0. The molecule has 2 heterocycles. The first-order chi connectivity index (χ1) is 10.6. The molecule has 2 N–H and O–H groups in total. The number of aromatic nitrogens is 2. The van der Waals surface area contributed by atoms with Crippen molar-refractivity contribution in [1.82, 2.24) is 9.78 Å². The number of anilines is 2. The fourth-order valence-corrected chi connectivity index (χ4v) is 3.35. The van der Waals surface area contributed by atoms with E-state index in [1.54, 1.807) is 0 Å². The van der Waals surface area contributed by atoms with Crippen molar-refractivity contribution < 1.29 is 4.79 Å². The van der Waals surface area contributed by atoms with E-state index in [2.05, 4.69) is 5.10 Å². The average molecular weight is 333 g/mol. The molecule has 1 aliphatic heterocycles. The maximum absolute atomic E-state index is 12.9. The standard InChI is InChI=1S/C17H20N4O.ClH/c1-20-16(11-7-8-11)10-14(19-20)17(22)21-9-3-4-12-13(18)5-2-6-15(12)21;/h2,5-6,10-11H,3-4,7-9,18H2,1H3;1H. The lowest BCUT2D eigenvalue weighted by atomic mass is 9.99. The molecule has 2 aliphatic rings. The van der Waals surface area contributed by atoms with Crippen LogP contribution in [0, 0.1) is 0 Å². The number of hydrogen-bond acceptors (Lipinski definition) is 3. The Labute approximate surface area is 141 Å². The second-order valence-corrected chi connectivity index (χ2v) is 6.26. The predicted octanol–water partition coefficient (Wildman–Crippen LogP) is 2.89. The smallest absolute Gasteiger partial charge is 0.278 e. The fourth-order valence-electron chi connectivity index (χ4n) is 3.35. The number of halogens is 1. The average Bonchev–Trinajstić information content (AvgIpc) is 3.29. The zero-order valence-electron chi connectivity index (χ0n) is 13.2. The predicted molar refractivity (Wildman–Crippen MR) is 93.3 cm³/mol. The minimum absolute atomic E-state index is 0. The molecule has 122 valence electrons. The number of amides is 1. The van der Waals surface area contributed by atoms with Crippen LogP contribution >= 0.6 is 12.4 Å². The molecule has 1 aliphatic carbocycles. The van der Waals surface area contributed by atoms with Crippen LogP contribution in [-0.2, 0) is 13.5 Å². The number of carbonyl (C=O) groups is 1. The highest BCUT2D eigenvalue weighted by molar-refractivity contribution is 6.06. The van der Waals surface area contributed by atoms with Gasteiger partial charge in [-0.25, -0.2) is 0 Å². The number of carbonyl (C=O) groups excluding carboxylic acids is 1. The van der Waals surface area contributed by atoms with Gasteiger partial charge in [0.1, 0.15) is 0 Å². The summed E-state index contributed by atoms with van der Waals surface area (Å²) in [7, 11) is 1.92. The van der Waals surface area contributed by atoms with Crippen molar-refractivity contribution in [2.45, 2.75) is 31.6 Å². The topological polar surface area (TPSA) is 64.2 Å². The van der Waals surface area contributed by atoms with Crippen LogP contribution in [0.25, 0.3) is 0 Å². The van der Waals surface area contributed by atoms with Crippen molar-refractivity contribution in [3.63, 3.8) is 0 Å². The minimum atomic E-state index is -0.0194. The van der Waals surface area contributed by atoms with E-state index in [9.17, 15) is 4.79 Å². The van der Waals surface area contributed by atoms with Gasteiger partial charge in [0.05, 0.1) is 0 Å². The molecule has 1 aromatic heterocycles. The number of benzene rings is 1. The molecule has 0 saturated heterocycles. The summed E-state index contributed by atoms with van der Waals surface area (Å²) in [6.07, 6.45) is 4.28. The van der Waals surface area contributed by atoms with Crippen molar-refractivity contribution in [1.29, 1.82) is 0 Å². The molecular formula is C17H21ClN4O. The summed E-state index contributed by atoms with van der Waals surface area (Å²) in [5, 5.41) is 4.44. The van der Waals surface area contributed by atoms with E-state index in [1.807, 2.05) is 40.9 Å². The van der Waals surface area contributed by atoms with Crippen LogP contribution in [-0.4, -0.2) is 22.2 Å². The maximum Gasteiger partial charge on any atom is 0.278 e. The molecular weight excluding hydrogens is 312 g/mol. The Morgan fingerprint density at radius 2 is 2.13 bits per heavy atom. The van der Waals surface area contributed by atoms with E-state index in [0.29, 0.717) is 11.6 Å². The lowest BCUT2D eigenvalue weighted by Gasteiger charge is -2.29. The van der Waals surface area contributed by atoms with E-state index in [0.717, 1.165) is 36.3 Å². The summed E-state index contributed by atoms with van der Waals surface area (Å²) in [6.45, 7) is 0.727. The van der Waals surface area contributed by atoms with Gasteiger partial charge in [-0.05, 0) is 49.4 Å². The van der Waals surface area contributed by atoms with Crippen molar-refractivity contribution in [3.8, 4) is 0 Å². The summed E-state index contributed by atoms with van der Waals surface area (Å²) in [6, 6.07) is 7.75. The van der Waals surface area contributed by atoms with Crippen LogP contribution in [0.5, 0.6) is 0 Å². The summed E-state index contributed by atoms with van der Waals surface area (Å²) < 4.78 is 1.86. The minimum Gasteiger partial charge on any atom is -0.398 e. The number of nitrogens with two attached hydrogens (primary N) is 1. The first-order valence-electron chi connectivity index (χ1n) is 7.88. The largest absolute Gasteiger partial charge is 0.398 e. The molecule has 2 aromatic rings. The number of rotatable bonds is 2. The molecule has 0 spiro atoms. The normalized spacial score (nSPS) is 16.7. The molecule has 23 heavy (non-hydrogen) atoms. The number of hydrogen-bond donors (Lipinski definition) is 1. The number of nitrogen functional groups attached to an aromatic ring is 1. The maximum atomic E-state index is 12.9. The molecule has 6 heteroatoms. The van der Waals surface area contributed by atoms with Gasteiger partial charge in [-0.2, -0.15) is 5.10 Å². The van der Waals surface area contributed by atoms with Gasteiger partial charge in [-0.1, -0.05) is 6.07 Å². The van der Waals surface area contributed by atoms with Gasteiger partial charge in [-0.3, -0.25) is 9.48 Å². The summed E-state index contributed by atoms with van der Waals surface area (Å²) >= 11 is 0. The van der Waals surface area contributed by atoms with Crippen molar-refractivity contribution in [2.24, 2.45) is 7.05 Å². The Hall–Kier alpha value is -2.01. The number of fused-ring (bicyclic) bond motifs is 1. The van der Waals surface area contributed by atoms with Gasteiger partial charge >= 0.3 is 0 Å². The first-order valence-corrected chi connectivity index (χ1v) is 7.88. The number of aryl methyl sites for hydroxylation is 1. The highest BCUT2D eigenvalue weighted by atomic mass is 35.5. The molecule has 1 fully saturated rings. The van der Waals surface area contributed by atoms with E-state index >= 15 is 0 Å². The van der Waals surface area contributed by atoms with Crippen molar-refractivity contribution in [2.75, 3.05) is 17.2 Å². The highest BCUT2D eigenvalue weighted by Gasteiger charge is 2.31. The Balaban J connectivity index is 0.00000156. The van der Waals surface area contributed by atoms with Gasteiger partial charge in [0.2, 0.25) is 0 Å². The third-order valence-electron chi connectivity index (χ3n) is 4.66. The molecule has 5 nitrogen and oxygen atoms in total. The zero-order chi connectivity index (χ0) is 15.3. The Morgan fingerprint density at radius 1 is 1.35 bits per heavy atom. The molecule has 0 radical (unpaired) electrons. The molecule has 0 atom stereocenters. The van der Waals surface area contributed by atoms with Crippen LogP contribution in [0.15, 0.2) is 24.3 Å². The third kappa shape index (κ3) is 2.70. The lowest BCUT2D eigenvalue weighted by molar-refractivity contribution is 0.0979. The molecule has 1 saturated carbocycles. The molecule has 1 amide bonds. The number of nitrogens with zero attached hydrogens (tertiary/aromatic N) is 3. The quantitative estimate of drug-likeness (QED) is 0.860. The molecule has 0 bridgehead atoms. The molecule has 0 unspecified atom stereocenters. The van der Waals surface area contributed by atoms with E-state index in [1.165, 1.54) is 18.5 Å².